The highest BCUT2D eigenvalue weighted by Gasteiger charge is 2.38. The fourth-order valence-corrected chi connectivity index (χ4v) is 4.26. The first kappa shape index (κ1) is 29.6. The van der Waals surface area contributed by atoms with Crippen LogP contribution in [0, 0.1) is 5.92 Å². The molecule has 2 rings (SSSR count). The first-order valence-corrected chi connectivity index (χ1v) is 12.3. The van der Waals surface area contributed by atoms with Crippen molar-refractivity contribution in [2.75, 3.05) is 6.54 Å². The fourth-order valence-electron chi connectivity index (χ4n) is 4.26. The molecule has 0 saturated carbocycles. The van der Waals surface area contributed by atoms with E-state index in [0.717, 1.165) is 5.56 Å². The van der Waals surface area contributed by atoms with Crippen molar-refractivity contribution in [3.63, 3.8) is 0 Å². The zero-order valence-corrected chi connectivity index (χ0v) is 21.1. The summed E-state index contributed by atoms with van der Waals surface area (Å²) in [6, 6.07) is 1.94. The van der Waals surface area contributed by atoms with Crippen molar-refractivity contribution in [2.45, 2.75) is 76.5 Å². The number of carboxylic acid groups (broad SMARTS) is 2. The Morgan fingerprint density at radius 2 is 1.70 bits per heavy atom. The molecule has 4 atom stereocenters. The normalized spacial score (nSPS) is 17.6. The molecule has 0 radical (unpaired) electrons. The van der Waals surface area contributed by atoms with Crippen LogP contribution in [0.3, 0.4) is 0 Å². The molecule has 12 nitrogen and oxygen atoms in total. The first-order valence-electron chi connectivity index (χ1n) is 12.3. The first-order chi connectivity index (χ1) is 17.4. The molecular weight excluding hydrogens is 484 g/mol. The van der Waals surface area contributed by atoms with Crippen molar-refractivity contribution >= 4 is 29.7 Å². The number of nitrogens with zero attached hydrogens (tertiary/aromatic N) is 1. The monoisotopic (exact) mass is 520 g/mol. The molecule has 0 aliphatic carbocycles. The van der Waals surface area contributed by atoms with E-state index in [4.69, 9.17) is 10.8 Å². The minimum atomic E-state index is -1.29. The van der Waals surface area contributed by atoms with Gasteiger partial charge in [0, 0.05) is 13.0 Å². The van der Waals surface area contributed by atoms with Crippen molar-refractivity contribution in [2.24, 2.45) is 11.7 Å². The standard InChI is InChI=1S/C25H36N4O8/c1-14(2)12-19(25(36)37)28-22(33)18(9-10-21(31)32)27-23(34)20-4-3-11-29(20)24(35)17(26)13-15-5-7-16(30)8-6-15/h5-8,14,17-20,30H,3-4,9-13,26H2,1-2H3,(H,27,34)(H,28,33)(H,31,32)(H,36,37). The molecule has 1 aromatic carbocycles. The number of hydrogen-bond donors (Lipinski definition) is 6. The number of phenolic OH excluding ortho intramolecular Hbond substituents is 1. The Morgan fingerprint density at radius 1 is 1.05 bits per heavy atom. The number of phenols is 1. The second kappa shape index (κ2) is 13.6. The van der Waals surface area contributed by atoms with Crippen LogP contribution in [-0.4, -0.2) is 80.6 Å². The Hall–Kier alpha value is -3.67. The predicted octanol–water partition coefficient (Wildman–Crippen LogP) is 0.218. The molecule has 3 amide bonds. The van der Waals surface area contributed by atoms with Gasteiger partial charge in [0.2, 0.25) is 17.7 Å². The van der Waals surface area contributed by atoms with E-state index in [1.54, 1.807) is 26.0 Å². The van der Waals surface area contributed by atoms with E-state index in [0.29, 0.717) is 19.4 Å². The van der Waals surface area contributed by atoms with Crippen molar-refractivity contribution in [1.29, 1.82) is 0 Å². The van der Waals surface area contributed by atoms with Crippen LogP contribution in [0.5, 0.6) is 5.75 Å². The van der Waals surface area contributed by atoms with Gasteiger partial charge in [0.1, 0.15) is 23.9 Å². The fraction of sp³-hybridized carbons (Fsp3) is 0.560. The highest BCUT2D eigenvalue weighted by molar-refractivity contribution is 5.94. The van der Waals surface area contributed by atoms with Gasteiger partial charge < -0.3 is 36.6 Å². The smallest absolute Gasteiger partial charge is 0.326 e. The van der Waals surface area contributed by atoms with E-state index >= 15 is 0 Å². The zero-order chi connectivity index (χ0) is 27.7. The highest BCUT2D eigenvalue weighted by atomic mass is 16.4. The highest BCUT2D eigenvalue weighted by Crippen LogP contribution is 2.20. The Morgan fingerprint density at radius 3 is 2.27 bits per heavy atom. The second-order valence-corrected chi connectivity index (χ2v) is 9.69. The van der Waals surface area contributed by atoms with Gasteiger partial charge in [-0.2, -0.15) is 0 Å². The van der Waals surface area contributed by atoms with Crippen LogP contribution in [-0.2, 0) is 30.4 Å². The number of likely N-dealkylation sites (tertiary alicyclic amines) is 1. The lowest BCUT2D eigenvalue weighted by Crippen LogP contribution is -2.57. The molecule has 0 spiro atoms. The van der Waals surface area contributed by atoms with Crippen molar-refractivity contribution in [3.8, 4) is 5.75 Å². The molecule has 4 unspecified atom stereocenters. The van der Waals surface area contributed by atoms with Gasteiger partial charge in [-0.1, -0.05) is 26.0 Å². The van der Waals surface area contributed by atoms with Gasteiger partial charge in [0.05, 0.1) is 6.04 Å². The number of aromatic hydroxyl groups is 1. The molecule has 0 aromatic heterocycles. The number of benzene rings is 1. The van der Waals surface area contributed by atoms with E-state index in [2.05, 4.69) is 10.6 Å². The number of amides is 3. The van der Waals surface area contributed by atoms with Gasteiger partial charge in [0.25, 0.3) is 0 Å². The lowest BCUT2D eigenvalue weighted by molar-refractivity contribution is -0.144. The molecule has 1 fully saturated rings. The maximum atomic E-state index is 13.1. The summed E-state index contributed by atoms with van der Waals surface area (Å²) in [5.41, 5.74) is 6.85. The van der Waals surface area contributed by atoms with Crippen LogP contribution in [0.2, 0.25) is 0 Å². The lowest BCUT2D eigenvalue weighted by Gasteiger charge is -2.28. The number of carbonyl (C=O) groups excluding carboxylic acids is 3. The molecule has 12 heteroatoms. The summed E-state index contributed by atoms with van der Waals surface area (Å²) in [6.07, 6.45) is 0.552. The van der Waals surface area contributed by atoms with Gasteiger partial charge in [0.15, 0.2) is 0 Å². The summed E-state index contributed by atoms with van der Waals surface area (Å²) >= 11 is 0. The number of nitrogens with one attached hydrogen (secondary N) is 2. The van der Waals surface area contributed by atoms with E-state index < -0.39 is 60.2 Å². The number of carbonyl (C=O) groups is 5. The molecular formula is C25H36N4O8. The predicted molar refractivity (Wildman–Crippen MR) is 132 cm³/mol. The summed E-state index contributed by atoms with van der Waals surface area (Å²) in [7, 11) is 0. The molecule has 0 bridgehead atoms. The Kier molecular flexibility index (Phi) is 10.9. The van der Waals surface area contributed by atoms with Crippen LogP contribution >= 0.6 is 0 Å². The number of nitrogens with two attached hydrogens (primary N) is 1. The Bertz CT molecular complexity index is 981. The third-order valence-corrected chi connectivity index (χ3v) is 6.15. The Labute approximate surface area is 215 Å². The number of hydrogen-bond acceptors (Lipinski definition) is 7. The molecule has 1 aliphatic rings. The summed E-state index contributed by atoms with van der Waals surface area (Å²) < 4.78 is 0. The van der Waals surface area contributed by atoms with E-state index in [9.17, 15) is 34.2 Å². The SMILES string of the molecule is CC(C)CC(NC(=O)C(CCC(=O)O)NC(=O)C1CCCN1C(=O)C(N)Cc1ccc(O)cc1)C(=O)O. The quantitative estimate of drug-likeness (QED) is 0.210. The third kappa shape index (κ3) is 9.05. The van der Waals surface area contributed by atoms with Gasteiger partial charge in [-0.3, -0.25) is 19.2 Å². The molecule has 1 aromatic rings. The molecule has 1 heterocycles. The van der Waals surface area contributed by atoms with Crippen molar-refractivity contribution in [3.05, 3.63) is 29.8 Å². The molecule has 204 valence electrons. The lowest BCUT2D eigenvalue weighted by atomic mass is 10.0. The summed E-state index contributed by atoms with van der Waals surface area (Å²) in [5, 5.41) is 32.8. The third-order valence-electron chi connectivity index (χ3n) is 6.15. The minimum absolute atomic E-state index is 0.0303. The molecule has 37 heavy (non-hydrogen) atoms. The van der Waals surface area contributed by atoms with Gasteiger partial charge >= 0.3 is 11.9 Å². The zero-order valence-electron chi connectivity index (χ0n) is 21.1. The average Bonchev–Trinajstić information content (AvgIpc) is 3.31. The molecule has 7 N–H and O–H groups in total. The van der Waals surface area contributed by atoms with Gasteiger partial charge in [-0.05, 0) is 55.7 Å². The summed E-state index contributed by atoms with van der Waals surface area (Å²) in [5.74, 6) is -4.24. The topological polar surface area (TPSA) is 199 Å². The van der Waals surface area contributed by atoms with Crippen LogP contribution in [0.4, 0.5) is 0 Å². The van der Waals surface area contributed by atoms with E-state index in [1.807, 2.05) is 0 Å². The van der Waals surface area contributed by atoms with Crippen LogP contribution in [0.1, 0.15) is 51.5 Å². The maximum Gasteiger partial charge on any atom is 0.326 e. The maximum absolute atomic E-state index is 13.1. The number of carboxylic acids is 2. The van der Waals surface area contributed by atoms with Crippen LogP contribution < -0.4 is 16.4 Å². The van der Waals surface area contributed by atoms with E-state index in [-0.39, 0.29) is 30.9 Å². The minimum Gasteiger partial charge on any atom is -0.508 e. The van der Waals surface area contributed by atoms with Gasteiger partial charge in [-0.25, -0.2) is 4.79 Å². The summed E-state index contributed by atoms with van der Waals surface area (Å²) in [4.78, 5) is 63.0. The van der Waals surface area contributed by atoms with Crippen LogP contribution in [0.25, 0.3) is 0 Å². The van der Waals surface area contributed by atoms with Crippen LogP contribution in [0.15, 0.2) is 24.3 Å². The van der Waals surface area contributed by atoms with Crippen molar-refractivity contribution < 1.29 is 39.3 Å². The molecule has 1 aliphatic heterocycles. The average molecular weight is 521 g/mol. The second-order valence-electron chi connectivity index (χ2n) is 9.69. The summed E-state index contributed by atoms with van der Waals surface area (Å²) in [6.45, 7) is 3.88. The van der Waals surface area contributed by atoms with Gasteiger partial charge in [-0.15, -0.1) is 0 Å². The van der Waals surface area contributed by atoms with E-state index in [1.165, 1.54) is 17.0 Å². The largest absolute Gasteiger partial charge is 0.508 e. The van der Waals surface area contributed by atoms with Crippen molar-refractivity contribution in [1.82, 2.24) is 15.5 Å². The Balaban J connectivity index is 2.10. The molecule has 1 saturated heterocycles. The number of aliphatic carboxylic acids is 2. The number of rotatable bonds is 13.